The number of aryl methyl sites for hydroxylation is 1. The molecule has 4 heteroatoms. The van der Waals surface area contributed by atoms with Crippen molar-refractivity contribution in [3.05, 3.63) is 241 Å². The summed E-state index contributed by atoms with van der Waals surface area (Å²) in [6.07, 6.45) is 18.0. The minimum atomic E-state index is 0.143. The zero-order valence-corrected chi connectivity index (χ0v) is 33.0. The van der Waals surface area contributed by atoms with Crippen molar-refractivity contribution >= 4 is 45.9 Å². The van der Waals surface area contributed by atoms with Crippen molar-refractivity contribution in [3.8, 4) is 5.75 Å². The van der Waals surface area contributed by atoms with Crippen LogP contribution in [0.2, 0.25) is 0 Å². The van der Waals surface area contributed by atoms with E-state index in [1.165, 1.54) is 0 Å². The van der Waals surface area contributed by atoms with Crippen molar-refractivity contribution in [1.29, 1.82) is 0 Å². The zero-order valence-electron chi connectivity index (χ0n) is 33.0. The van der Waals surface area contributed by atoms with E-state index in [0.29, 0.717) is 12.0 Å². The average molecular weight is 757 g/mol. The van der Waals surface area contributed by atoms with Crippen LogP contribution >= 0.6 is 0 Å². The van der Waals surface area contributed by atoms with E-state index in [4.69, 9.17) is 4.74 Å². The molecule has 58 heavy (non-hydrogen) atoms. The Labute approximate surface area is 343 Å². The molecule has 7 rings (SSSR count). The van der Waals surface area contributed by atoms with Crippen LogP contribution in [0.4, 0.5) is 28.4 Å². The molecule has 1 aliphatic carbocycles. The Kier molecular flexibility index (Phi) is 13.2. The number of hydrogen-bond acceptors (Lipinski definition) is 4. The van der Waals surface area contributed by atoms with Crippen LogP contribution in [-0.2, 0) is 4.79 Å². The maximum absolute atomic E-state index is 12.9. The second-order valence-corrected chi connectivity index (χ2v) is 14.0. The summed E-state index contributed by atoms with van der Waals surface area (Å²) in [5.41, 5.74) is 12.1. The topological polar surface area (TPSA) is 32.8 Å². The molecule has 0 heterocycles. The van der Waals surface area contributed by atoms with Crippen LogP contribution in [0.3, 0.4) is 0 Å². The lowest BCUT2D eigenvalue weighted by molar-refractivity contribution is -0.105. The molecular weight excluding hydrogens is 709 g/mol. The molecule has 4 nitrogen and oxygen atoms in total. The predicted octanol–water partition coefficient (Wildman–Crippen LogP) is 14.1. The molecule has 0 radical (unpaired) electrons. The van der Waals surface area contributed by atoms with Crippen molar-refractivity contribution in [2.24, 2.45) is 0 Å². The van der Waals surface area contributed by atoms with Crippen LogP contribution in [-0.4, -0.2) is 12.9 Å². The van der Waals surface area contributed by atoms with E-state index >= 15 is 0 Å². The first-order chi connectivity index (χ1) is 28.6. The Morgan fingerprint density at radius 2 is 1.19 bits per heavy atom. The Hall–Kier alpha value is -7.17. The quantitative estimate of drug-likeness (QED) is 0.0559. The summed E-state index contributed by atoms with van der Waals surface area (Å²) in [6.45, 7) is 6.04. The van der Waals surface area contributed by atoms with Crippen LogP contribution in [0, 0.1) is 6.92 Å². The summed E-state index contributed by atoms with van der Waals surface area (Å²) < 4.78 is 6.52. The largest absolute Gasteiger partial charge is 0.488 e. The molecule has 0 atom stereocenters. The molecule has 6 aromatic carbocycles. The van der Waals surface area contributed by atoms with Gasteiger partial charge in [-0.1, -0.05) is 134 Å². The third-order valence-electron chi connectivity index (χ3n) is 10.1. The average Bonchev–Trinajstić information content (AvgIpc) is 3.53. The van der Waals surface area contributed by atoms with E-state index in [-0.39, 0.29) is 6.61 Å². The van der Waals surface area contributed by atoms with Crippen LogP contribution in [0.25, 0.3) is 11.1 Å². The fourth-order valence-corrected chi connectivity index (χ4v) is 7.12. The summed E-state index contributed by atoms with van der Waals surface area (Å²) in [6, 6.07) is 56.3. The highest BCUT2D eigenvalue weighted by Gasteiger charge is 2.17. The molecule has 0 aromatic heterocycles. The fraction of sp³-hybridized carbons (Fsp3) is 0.0926. The third-order valence-corrected chi connectivity index (χ3v) is 10.1. The molecule has 0 N–H and O–H groups in total. The number of hydrogen-bond donors (Lipinski definition) is 0. The van der Waals surface area contributed by atoms with E-state index < -0.39 is 0 Å². The maximum atomic E-state index is 12.9. The molecule has 0 amide bonds. The Morgan fingerprint density at radius 3 is 1.74 bits per heavy atom. The third kappa shape index (κ3) is 9.61. The number of allylic oxidation sites excluding steroid dienone is 9. The van der Waals surface area contributed by atoms with Gasteiger partial charge in [0.1, 0.15) is 18.6 Å². The van der Waals surface area contributed by atoms with Crippen molar-refractivity contribution in [1.82, 2.24) is 0 Å². The number of anilines is 5. The second-order valence-electron chi connectivity index (χ2n) is 14.0. The summed E-state index contributed by atoms with van der Waals surface area (Å²) in [5, 5.41) is 0. The lowest BCUT2D eigenvalue weighted by Crippen LogP contribution is -2.14. The monoisotopic (exact) mass is 756 g/mol. The van der Waals surface area contributed by atoms with Gasteiger partial charge in [0.25, 0.3) is 0 Å². The molecule has 0 fully saturated rings. The van der Waals surface area contributed by atoms with Gasteiger partial charge in [0, 0.05) is 39.7 Å². The number of ether oxygens (including phenoxy) is 1. The zero-order chi connectivity index (χ0) is 39.9. The number of nitrogens with zero attached hydrogens (tertiary/aromatic N) is 2. The van der Waals surface area contributed by atoms with Gasteiger partial charge in [-0.25, -0.2) is 0 Å². The van der Waals surface area contributed by atoms with E-state index in [2.05, 4.69) is 168 Å². The highest BCUT2D eigenvalue weighted by Crippen LogP contribution is 2.37. The van der Waals surface area contributed by atoms with Crippen molar-refractivity contribution in [3.63, 3.8) is 0 Å². The van der Waals surface area contributed by atoms with Gasteiger partial charge in [0.15, 0.2) is 0 Å². The van der Waals surface area contributed by atoms with E-state index in [9.17, 15) is 4.79 Å². The highest BCUT2D eigenvalue weighted by molar-refractivity contribution is 5.90. The molecular formula is C54H48N2O2. The van der Waals surface area contributed by atoms with E-state index in [1.807, 2.05) is 61.5 Å². The lowest BCUT2D eigenvalue weighted by Gasteiger charge is -2.26. The molecule has 1 aliphatic rings. The van der Waals surface area contributed by atoms with Crippen molar-refractivity contribution < 1.29 is 9.53 Å². The molecule has 0 saturated carbocycles. The van der Waals surface area contributed by atoms with Crippen molar-refractivity contribution in [2.45, 2.75) is 26.2 Å². The number of carbonyl (C=O) groups excluding carboxylic acids is 1. The van der Waals surface area contributed by atoms with Gasteiger partial charge in [-0.2, -0.15) is 0 Å². The second kappa shape index (κ2) is 19.6. The maximum Gasteiger partial charge on any atom is 0.149 e. The number of para-hydroxylation sites is 4. The number of rotatable bonds is 16. The molecule has 0 bridgehead atoms. The standard InChI is InChI=1S/C54H48N2O2/c1-3-4-5-18-30-53(44-34-37-52(38-35-44)56(49-25-14-8-15-26-49)50-27-16-9-17-28-50)46(40-57)41-58-54-39-45(32-31-42(54)2)43-20-19-29-51(36-33-43)55(47-21-10-6-11-22-47)48-23-12-7-13-24-48/h3,5-18,20-29,31-40H,1,4,19,30,41H2,2H3/b18-5-,53-46+. The highest BCUT2D eigenvalue weighted by atomic mass is 16.5. The SMILES string of the molecule is C=CC/C=C\C/C(=C(/C=O)COc1cc(C2=CCC=C(N(c3ccccc3)c3ccccc3)C=C2)ccc1C)c1ccc(N(c2ccccc2)c2ccccc2)cc1. The first kappa shape index (κ1) is 39.1. The number of aldehydes is 1. The Bertz CT molecular complexity index is 2370. The molecule has 6 aromatic rings. The van der Waals surface area contributed by atoms with Gasteiger partial charge in [0.05, 0.1) is 0 Å². The lowest BCUT2D eigenvalue weighted by atomic mass is 9.96. The first-order valence-electron chi connectivity index (χ1n) is 19.8. The van der Waals surface area contributed by atoms with Crippen molar-refractivity contribution in [2.75, 3.05) is 16.4 Å². The predicted molar refractivity (Wildman–Crippen MR) is 244 cm³/mol. The van der Waals surface area contributed by atoms with Gasteiger partial charge in [0.2, 0.25) is 0 Å². The summed E-state index contributed by atoms with van der Waals surface area (Å²) in [4.78, 5) is 17.4. The van der Waals surface area contributed by atoms with E-state index in [1.54, 1.807) is 0 Å². The van der Waals surface area contributed by atoms with Crippen LogP contribution < -0.4 is 14.5 Å². The van der Waals surface area contributed by atoms with Crippen LogP contribution in [0.1, 0.15) is 36.0 Å². The normalized spacial score (nSPS) is 12.8. The molecule has 0 unspecified atom stereocenters. The molecule has 0 aliphatic heterocycles. The number of carbonyl (C=O) groups is 1. The summed E-state index contributed by atoms with van der Waals surface area (Å²) in [7, 11) is 0. The summed E-state index contributed by atoms with van der Waals surface area (Å²) >= 11 is 0. The molecule has 0 saturated heterocycles. The van der Waals surface area contributed by atoms with E-state index in [0.717, 1.165) is 86.8 Å². The number of benzene rings is 6. The summed E-state index contributed by atoms with van der Waals surface area (Å²) in [5.74, 6) is 0.747. The minimum absolute atomic E-state index is 0.143. The first-order valence-corrected chi connectivity index (χ1v) is 19.8. The van der Waals surface area contributed by atoms with Gasteiger partial charge >= 0.3 is 0 Å². The van der Waals surface area contributed by atoms with Gasteiger partial charge in [-0.05, 0) is 127 Å². The van der Waals surface area contributed by atoms with Gasteiger partial charge in [-0.3, -0.25) is 4.79 Å². The molecule has 0 spiro atoms. The minimum Gasteiger partial charge on any atom is -0.488 e. The van der Waals surface area contributed by atoms with Gasteiger partial charge < -0.3 is 14.5 Å². The molecule has 286 valence electrons. The van der Waals surface area contributed by atoms with Crippen LogP contribution in [0.5, 0.6) is 5.75 Å². The Morgan fingerprint density at radius 1 is 0.638 bits per heavy atom. The smallest absolute Gasteiger partial charge is 0.149 e. The Balaban J connectivity index is 1.14. The van der Waals surface area contributed by atoms with Gasteiger partial charge in [-0.15, -0.1) is 6.58 Å². The fourth-order valence-electron chi connectivity index (χ4n) is 7.12. The van der Waals surface area contributed by atoms with Crippen LogP contribution in [0.15, 0.2) is 224 Å².